The molecule has 0 amide bonds. The largest absolute Gasteiger partial charge is 0.469 e. The van der Waals surface area contributed by atoms with Crippen LogP contribution in [0.3, 0.4) is 0 Å². The van der Waals surface area contributed by atoms with Gasteiger partial charge in [0.15, 0.2) is 0 Å². The zero-order chi connectivity index (χ0) is 18.9. The first-order valence-corrected chi connectivity index (χ1v) is 8.35. The lowest BCUT2D eigenvalue weighted by molar-refractivity contribution is -0.149. The molecule has 0 heterocycles. The van der Waals surface area contributed by atoms with Crippen LogP contribution in [0.5, 0.6) is 11.5 Å². The smallest absolute Gasteiger partial charge is 0.333 e. The van der Waals surface area contributed by atoms with Crippen molar-refractivity contribution in [2.45, 2.75) is 25.7 Å². The molecule has 1 aliphatic rings. The predicted molar refractivity (Wildman–Crippen MR) is 91.3 cm³/mol. The molecule has 140 valence electrons. The van der Waals surface area contributed by atoms with E-state index in [4.69, 9.17) is 18.9 Å². The molecular weight excluding hydrogens is 340 g/mol. The summed E-state index contributed by atoms with van der Waals surface area (Å²) in [4.78, 5) is 34.7. The van der Waals surface area contributed by atoms with Crippen LogP contribution in [-0.4, -0.2) is 31.8 Å². The van der Waals surface area contributed by atoms with E-state index in [1.165, 1.54) is 7.11 Å². The Balaban J connectivity index is 1.78. The lowest BCUT2D eigenvalue weighted by Crippen LogP contribution is -2.29. The number of methoxy groups -OCH3 is 1. The van der Waals surface area contributed by atoms with E-state index in [1.54, 1.807) is 24.3 Å². The van der Waals surface area contributed by atoms with Gasteiger partial charge in [0.25, 0.3) is 0 Å². The van der Waals surface area contributed by atoms with Crippen LogP contribution < -0.4 is 9.47 Å². The van der Waals surface area contributed by atoms with E-state index < -0.39 is 5.97 Å². The second-order valence-electron chi connectivity index (χ2n) is 5.89. The normalized spacial score (nSPS) is 19.1. The van der Waals surface area contributed by atoms with E-state index in [9.17, 15) is 14.4 Å². The number of hydrogen-bond acceptors (Lipinski definition) is 7. The van der Waals surface area contributed by atoms with Crippen molar-refractivity contribution in [3.05, 3.63) is 36.9 Å². The number of ether oxygens (including phenoxy) is 4. The van der Waals surface area contributed by atoms with E-state index in [0.29, 0.717) is 37.2 Å². The first-order valence-electron chi connectivity index (χ1n) is 8.35. The molecule has 1 aromatic carbocycles. The molecule has 1 fully saturated rings. The predicted octanol–water partition coefficient (Wildman–Crippen LogP) is 2.64. The molecule has 2 rings (SSSR count). The van der Waals surface area contributed by atoms with Crippen molar-refractivity contribution in [2.75, 3.05) is 13.9 Å². The number of esters is 3. The van der Waals surface area contributed by atoms with Crippen molar-refractivity contribution in [2.24, 2.45) is 11.8 Å². The Morgan fingerprint density at radius 3 is 2.08 bits per heavy atom. The highest BCUT2D eigenvalue weighted by Crippen LogP contribution is 2.31. The summed E-state index contributed by atoms with van der Waals surface area (Å²) in [5, 5.41) is 0. The summed E-state index contributed by atoms with van der Waals surface area (Å²) in [6.45, 7) is 3.05. The maximum absolute atomic E-state index is 12.2. The van der Waals surface area contributed by atoms with E-state index in [1.807, 2.05) is 0 Å². The Labute approximate surface area is 151 Å². The Kier molecular flexibility index (Phi) is 7.20. The molecule has 26 heavy (non-hydrogen) atoms. The highest BCUT2D eigenvalue weighted by Gasteiger charge is 2.31. The van der Waals surface area contributed by atoms with Gasteiger partial charge in [-0.05, 0) is 49.9 Å². The Hall–Kier alpha value is -2.83. The molecule has 0 bridgehead atoms. The third-order valence-corrected chi connectivity index (χ3v) is 4.23. The maximum atomic E-state index is 12.2. The molecule has 0 atom stereocenters. The molecule has 0 spiro atoms. The summed E-state index contributed by atoms with van der Waals surface area (Å²) in [6.07, 6.45) is 3.51. The van der Waals surface area contributed by atoms with Crippen LogP contribution in [0.15, 0.2) is 36.9 Å². The Morgan fingerprint density at radius 1 is 1.00 bits per heavy atom. The summed E-state index contributed by atoms with van der Waals surface area (Å²) in [5.74, 6) is -0.563. The second-order valence-corrected chi connectivity index (χ2v) is 5.89. The topological polar surface area (TPSA) is 88.1 Å². The Morgan fingerprint density at radius 2 is 1.54 bits per heavy atom. The van der Waals surface area contributed by atoms with Crippen molar-refractivity contribution in [1.29, 1.82) is 0 Å². The van der Waals surface area contributed by atoms with Gasteiger partial charge in [0, 0.05) is 6.08 Å². The lowest BCUT2D eigenvalue weighted by Gasteiger charge is -2.25. The minimum atomic E-state index is -0.572. The average Bonchev–Trinajstić information content (AvgIpc) is 2.68. The molecule has 1 aromatic rings. The quantitative estimate of drug-likeness (QED) is 0.319. The van der Waals surface area contributed by atoms with E-state index in [-0.39, 0.29) is 30.6 Å². The van der Waals surface area contributed by atoms with Gasteiger partial charge in [-0.2, -0.15) is 0 Å². The van der Waals surface area contributed by atoms with Gasteiger partial charge in [-0.3, -0.25) is 9.59 Å². The molecule has 0 aromatic heterocycles. The zero-order valence-electron chi connectivity index (χ0n) is 14.6. The van der Waals surface area contributed by atoms with Crippen LogP contribution in [0.25, 0.3) is 0 Å². The van der Waals surface area contributed by atoms with Gasteiger partial charge in [-0.25, -0.2) is 4.79 Å². The highest BCUT2D eigenvalue weighted by molar-refractivity contribution is 5.81. The standard InChI is InChI=1S/C19H22O7/c1-3-17(20)25-12-24-15-8-10-16(11-9-15)26-19(22)14-6-4-13(5-7-14)18(21)23-2/h3,8-11,13-14H,1,4-7,12H2,2H3. The number of carbonyl (C=O) groups excluding carboxylic acids is 3. The third kappa shape index (κ3) is 5.61. The van der Waals surface area contributed by atoms with Crippen LogP contribution in [0, 0.1) is 11.8 Å². The van der Waals surface area contributed by atoms with E-state index in [2.05, 4.69) is 6.58 Å². The van der Waals surface area contributed by atoms with Gasteiger partial charge < -0.3 is 18.9 Å². The molecule has 0 unspecified atom stereocenters. The average molecular weight is 362 g/mol. The fourth-order valence-electron chi connectivity index (χ4n) is 2.75. The number of benzene rings is 1. The summed E-state index contributed by atoms with van der Waals surface area (Å²) < 4.78 is 20.1. The van der Waals surface area contributed by atoms with Crippen LogP contribution >= 0.6 is 0 Å². The SMILES string of the molecule is C=CC(=O)OCOc1ccc(OC(=O)C2CCC(C(=O)OC)CC2)cc1. The van der Waals surface area contributed by atoms with Crippen molar-refractivity contribution < 1.29 is 33.3 Å². The van der Waals surface area contributed by atoms with E-state index >= 15 is 0 Å². The molecule has 7 heteroatoms. The van der Waals surface area contributed by atoms with Crippen molar-refractivity contribution >= 4 is 17.9 Å². The maximum Gasteiger partial charge on any atom is 0.333 e. The van der Waals surface area contributed by atoms with Gasteiger partial charge in [0.1, 0.15) is 11.5 Å². The zero-order valence-corrected chi connectivity index (χ0v) is 14.6. The molecule has 0 aliphatic heterocycles. The van der Waals surface area contributed by atoms with Gasteiger partial charge in [0.2, 0.25) is 6.79 Å². The molecule has 1 saturated carbocycles. The van der Waals surface area contributed by atoms with Crippen LogP contribution in [0.2, 0.25) is 0 Å². The van der Waals surface area contributed by atoms with Gasteiger partial charge in [-0.15, -0.1) is 0 Å². The molecule has 0 radical (unpaired) electrons. The molecular formula is C19H22O7. The molecule has 1 aliphatic carbocycles. The first kappa shape index (κ1) is 19.5. The highest BCUT2D eigenvalue weighted by atomic mass is 16.7. The minimum absolute atomic E-state index is 0.129. The lowest BCUT2D eigenvalue weighted by atomic mass is 9.82. The van der Waals surface area contributed by atoms with Crippen molar-refractivity contribution in [1.82, 2.24) is 0 Å². The molecule has 0 N–H and O–H groups in total. The van der Waals surface area contributed by atoms with Crippen LogP contribution in [-0.2, 0) is 23.9 Å². The number of hydrogen-bond donors (Lipinski definition) is 0. The summed E-state index contributed by atoms with van der Waals surface area (Å²) >= 11 is 0. The van der Waals surface area contributed by atoms with E-state index in [0.717, 1.165) is 6.08 Å². The fraction of sp³-hybridized carbons (Fsp3) is 0.421. The summed E-state index contributed by atoms with van der Waals surface area (Å²) in [7, 11) is 1.37. The third-order valence-electron chi connectivity index (χ3n) is 4.23. The van der Waals surface area contributed by atoms with Crippen molar-refractivity contribution in [3.8, 4) is 11.5 Å². The second kappa shape index (κ2) is 9.60. The molecule has 7 nitrogen and oxygen atoms in total. The van der Waals surface area contributed by atoms with Gasteiger partial charge >= 0.3 is 17.9 Å². The van der Waals surface area contributed by atoms with Crippen LogP contribution in [0.4, 0.5) is 0 Å². The Bertz CT molecular complexity index is 642. The van der Waals surface area contributed by atoms with Crippen LogP contribution in [0.1, 0.15) is 25.7 Å². The first-order chi connectivity index (χ1) is 12.5. The summed E-state index contributed by atoms with van der Waals surface area (Å²) in [5.41, 5.74) is 0. The monoisotopic (exact) mass is 362 g/mol. The molecule has 0 saturated heterocycles. The van der Waals surface area contributed by atoms with Crippen molar-refractivity contribution in [3.63, 3.8) is 0 Å². The van der Waals surface area contributed by atoms with Gasteiger partial charge in [0.05, 0.1) is 18.9 Å². The number of rotatable bonds is 7. The minimum Gasteiger partial charge on any atom is -0.469 e. The fourth-order valence-corrected chi connectivity index (χ4v) is 2.75. The summed E-state index contributed by atoms with van der Waals surface area (Å²) in [6, 6.07) is 6.42. The van der Waals surface area contributed by atoms with Gasteiger partial charge in [-0.1, -0.05) is 6.58 Å². The number of carbonyl (C=O) groups is 3.